The van der Waals surface area contributed by atoms with Crippen LogP contribution >= 0.6 is 11.6 Å². The molecule has 10 nitrogen and oxygen atoms in total. The molecule has 0 unspecified atom stereocenters. The number of piperazine rings is 1. The molecule has 16 heteroatoms. The number of halogens is 5. The number of aromatic nitrogens is 2. The number of rotatable bonds is 10. The minimum atomic E-state index is -4.40. The summed E-state index contributed by atoms with van der Waals surface area (Å²) in [6.45, 7) is 3.01. The summed E-state index contributed by atoms with van der Waals surface area (Å²) in [6.07, 6.45) is -3.12. The second kappa shape index (κ2) is 14.4. The molecule has 2 aromatic heterocycles. The van der Waals surface area contributed by atoms with Gasteiger partial charge in [-0.2, -0.15) is 13.2 Å². The predicted octanol–water partition coefficient (Wildman–Crippen LogP) is 7.17. The molecule has 0 aliphatic carbocycles. The molecule has 1 fully saturated rings. The van der Waals surface area contributed by atoms with Gasteiger partial charge in [0.2, 0.25) is 5.88 Å². The third-order valence-corrected chi connectivity index (χ3v) is 10.3. The predicted molar refractivity (Wildman–Crippen MR) is 183 cm³/mol. The first-order valence-corrected chi connectivity index (χ1v) is 17.5. The van der Waals surface area contributed by atoms with Crippen LogP contribution in [0.1, 0.15) is 21.6 Å². The Morgan fingerprint density at radius 1 is 0.961 bits per heavy atom. The molecule has 1 N–H and O–H groups in total. The second-order valence-electron chi connectivity index (χ2n) is 12.0. The number of anilines is 1. The van der Waals surface area contributed by atoms with Crippen molar-refractivity contribution in [1.29, 1.82) is 0 Å². The number of fused-ring (bicyclic) bond motifs is 1. The highest BCUT2D eigenvalue weighted by atomic mass is 35.5. The highest BCUT2D eigenvalue weighted by molar-refractivity contribution is 7.92. The first kappa shape index (κ1) is 35.9. The number of hydrogen-bond donors (Lipinski definition) is 1. The fourth-order valence-electron chi connectivity index (χ4n) is 5.70. The van der Waals surface area contributed by atoms with Crippen molar-refractivity contribution in [3.63, 3.8) is 0 Å². The van der Waals surface area contributed by atoms with Crippen LogP contribution in [0.5, 0.6) is 17.4 Å². The molecule has 6 rings (SSSR count). The third kappa shape index (κ3) is 8.55. The van der Waals surface area contributed by atoms with Crippen molar-refractivity contribution in [2.45, 2.75) is 24.5 Å². The smallest absolute Gasteiger partial charge is 0.422 e. The number of nitrogens with one attached hydrogen (secondary N) is 1. The van der Waals surface area contributed by atoms with Gasteiger partial charge in [-0.25, -0.2) is 17.8 Å². The number of aryl methyl sites for hydroxylation is 1. The maximum absolute atomic E-state index is 13.9. The number of ether oxygens (including phenoxy) is 2. The van der Waals surface area contributed by atoms with Crippen LogP contribution < -0.4 is 14.2 Å². The quantitative estimate of drug-likeness (QED) is 0.151. The summed E-state index contributed by atoms with van der Waals surface area (Å²) in [4.78, 5) is 21.4. The van der Waals surface area contributed by atoms with Gasteiger partial charge in [-0.05, 0) is 66.6 Å². The molecule has 268 valence electrons. The molecule has 0 spiro atoms. The lowest BCUT2D eigenvalue weighted by Crippen LogP contribution is -2.48. The van der Waals surface area contributed by atoms with Crippen molar-refractivity contribution in [1.82, 2.24) is 19.4 Å². The Balaban J connectivity index is 1.05. The highest BCUT2D eigenvalue weighted by Gasteiger charge is 2.29. The summed E-state index contributed by atoms with van der Waals surface area (Å²) in [5.74, 6) is -0.100. The highest BCUT2D eigenvalue weighted by Crippen LogP contribution is 2.30. The zero-order valence-corrected chi connectivity index (χ0v) is 28.9. The van der Waals surface area contributed by atoms with Gasteiger partial charge in [0.05, 0.1) is 22.3 Å². The lowest BCUT2D eigenvalue weighted by Gasteiger charge is -2.34. The van der Waals surface area contributed by atoms with Crippen LogP contribution in [-0.4, -0.2) is 72.6 Å². The lowest BCUT2D eigenvalue weighted by molar-refractivity contribution is -0.153. The van der Waals surface area contributed by atoms with Crippen molar-refractivity contribution in [3.8, 4) is 17.4 Å². The molecular formula is C35H32ClF4N5O5S. The molecule has 1 saturated heterocycles. The van der Waals surface area contributed by atoms with E-state index in [-0.39, 0.29) is 38.7 Å². The van der Waals surface area contributed by atoms with Gasteiger partial charge in [0.15, 0.2) is 6.61 Å². The van der Waals surface area contributed by atoms with E-state index in [0.29, 0.717) is 44.2 Å². The zero-order valence-electron chi connectivity index (χ0n) is 27.4. The number of pyridine rings is 1. The van der Waals surface area contributed by atoms with Crippen molar-refractivity contribution in [3.05, 3.63) is 107 Å². The minimum Gasteiger partial charge on any atom is -0.484 e. The summed E-state index contributed by atoms with van der Waals surface area (Å²) >= 11 is 5.96. The van der Waals surface area contributed by atoms with E-state index >= 15 is 0 Å². The number of carbonyl (C=O) groups is 1. The van der Waals surface area contributed by atoms with Gasteiger partial charge in [-0.1, -0.05) is 23.7 Å². The van der Waals surface area contributed by atoms with E-state index in [1.165, 1.54) is 37.4 Å². The molecule has 0 bridgehead atoms. The van der Waals surface area contributed by atoms with Gasteiger partial charge in [-0.15, -0.1) is 0 Å². The van der Waals surface area contributed by atoms with E-state index in [9.17, 15) is 30.8 Å². The Labute approximate surface area is 296 Å². The van der Waals surface area contributed by atoms with Crippen LogP contribution in [0.3, 0.4) is 0 Å². The van der Waals surface area contributed by atoms with Gasteiger partial charge >= 0.3 is 6.18 Å². The first-order chi connectivity index (χ1) is 24.1. The van der Waals surface area contributed by atoms with Crippen molar-refractivity contribution in [2.24, 2.45) is 7.05 Å². The van der Waals surface area contributed by atoms with Gasteiger partial charge in [0.1, 0.15) is 23.0 Å². The number of carbonyl (C=O) groups excluding carboxylic acids is 1. The molecule has 0 saturated carbocycles. The maximum atomic E-state index is 13.9. The molecule has 51 heavy (non-hydrogen) atoms. The van der Waals surface area contributed by atoms with E-state index in [2.05, 4.69) is 14.6 Å². The minimum absolute atomic E-state index is 0.00893. The Morgan fingerprint density at radius 2 is 1.67 bits per heavy atom. The Bertz CT molecular complexity index is 2170. The van der Waals surface area contributed by atoms with Gasteiger partial charge in [-0.3, -0.25) is 14.4 Å². The largest absolute Gasteiger partial charge is 0.484 e. The monoisotopic (exact) mass is 745 g/mol. The Hall–Kier alpha value is -4.86. The molecule has 1 aliphatic rings. The molecule has 3 heterocycles. The molecule has 1 aliphatic heterocycles. The second-order valence-corrected chi connectivity index (χ2v) is 14.1. The molecular weight excluding hydrogens is 714 g/mol. The van der Waals surface area contributed by atoms with E-state index in [1.807, 2.05) is 12.1 Å². The Morgan fingerprint density at radius 3 is 2.33 bits per heavy atom. The fourth-order valence-corrected chi connectivity index (χ4v) is 7.28. The third-order valence-electron chi connectivity index (χ3n) is 8.39. The van der Waals surface area contributed by atoms with E-state index in [4.69, 9.17) is 21.1 Å². The van der Waals surface area contributed by atoms with Crippen LogP contribution in [0, 0.1) is 12.7 Å². The summed E-state index contributed by atoms with van der Waals surface area (Å²) in [7, 11) is -2.35. The van der Waals surface area contributed by atoms with Crippen LogP contribution in [0.2, 0.25) is 5.02 Å². The van der Waals surface area contributed by atoms with Crippen molar-refractivity contribution in [2.75, 3.05) is 37.5 Å². The summed E-state index contributed by atoms with van der Waals surface area (Å²) < 4.78 is 91.7. The normalized spacial score (nSPS) is 14.1. The zero-order chi connectivity index (χ0) is 36.5. The average Bonchev–Trinajstić information content (AvgIpc) is 3.41. The van der Waals surface area contributed by atoms with Gasteiger partial charge < -0.3 is 18.9 Å². The van der Waals surface area contributed by atoms with Gasteiger partial charge in [0.25, 0.3) is 15.9 Å². The van der Waals surface area contributed by atoms with Gasteiger partial charge in [0, 0.05) is 62.3 Å². The maximum Gasteiger partial charge on any atom is 0.422 e. The lowest BCUT2D eigenvalue weighted by atomic mass is 10.2. The van der Waals surface area contributed by atoms with E-state index in [0.717, 1.165) is 28.6 Å². The number of nitrogens with zero attached hydrogens (tertiary/aromatic N) is 4. The fraction of sp³-hybridized carbons (Fsp3) is 0.257. The number of amides is 1. The van der Waals surface area contributed by atoms with E-state index in [1.54, 1.807) is 40.8 Å². The van der Waals surface area contributed by atoms with Crippen LogP contribution in [0.25, 0.3) is 10.9 Å². The van der Waals surface area contributed by atoms with Crippen molar-refractivity contribution < 1.29 is 40.2 Å². The summed E-state index contributed by atoms with van der Waals surface area (Å²) in [5, 5.41) is 0.824. The molecule has 0 radical (unpaired) electrons. The number of sulfonamides is 1. The molecule has 5 aromatic rings. The average molecular weight is 746 g/mol. The number of hydrogen-bond acceptors (Lipinski definition) is 7. The van der Waals surface area contributed by atoms with Crippen molar-refractivity contribution >= 4 is 44.1 Å². The van der Waals surface area contributed by atoms with Crippen LogP contribution in [-0.2, 0) is 23.6 Å². The van der Waals surface area contributed by atoms with Crippen LogP contribution in [0.15, 0.2) is 83.9 Å². The molecule has 1 amide bonds. The summed E-state index contributed by atoms with van der Waals surface area (Å²) in [6, 6.07) is 18.5. The first-order valence-electron chi connectivity index (χ1n) is 15.7. The van der Waals surface area contributed by atoms with E-state index < -0.39 is 28.6 Å². The Kier molecular flexibility index (Phi) is 10.2. The topological polar surface area (TPSA) is 106 Å². The number of alkyl halides is 3. The standard InChI is InChI=1S/C35H32ClF4N5O5S/c1-22-29(36)16-25(37)17-32(22)51(47,48)42-26-6-10-33(41-19-26)50-28-9-5-24-15-31(43(2)30(24)18-28)34(46)45-13-11-44(12-14-45)20-23-3-7-27(8-4-23)49-21-35(38,39)40/h3-10,15-19,42H,11-14,20-21H2,1-2H3. The molecule has 0 atom stereocenters. The summed E-state index contributed by atoms with van der Waals surface area (Å²) in [5.41, 5.74) is 2.54. The molecule has 3 aromatic carbocycles. The SMILES string of the molecule is Cc1c(Cl)cc(F)cc1S(=O)(=O)Nc1ccc(Oc2ccc3cc(C(=O)N4CCN(Cc5ccc(OCC(F)(F)F)cc5)CC4)n(C)c3c2)nc1. The van der Waals surface area contributed by atoms with Crippen LogP contribution in [0.4, 0.5) is 23.2 Å². The number of benzene rings is 3.